The van der Waals surface area contributed by atoms with Gasteiger partial charge in [0.15, 0.2) is 5.13 Å². The summed E-state index contributed by atoms with van der Waals surface area (Å²) in [5.74, 6) is -0.559. The number of nitrogens with zero attached hydrogens (tertiary/aromatic N) is 4. The maximum Gasteiger partial charge on any atom is 0.573 e. The van der Waals surface area contributed by atoms with Gasteiger partial charge in [-0.3, -0.25) is 14.9 Å². The number of piperazine rings is 1. The number of thiazole rings is 1. The predicted molar refractivity (Wildman–Crippen MR) is 105 cm³/mol. The largest absolute Gasteiger partial charge is 0.573 e. The molecule has 0 saturated carbocycles. The van der Waals surface area contributed by atoms with Crippen LogP contribution >= 0.6 is 22.7 Å². The second-order valence-electron chi connectivity index (χ2n) is 6.35. The topological polar surface area (TPSA) is 88.8 Å². The average molecular weight is 458 g/mol. The standard InChI is InChI=1S/C17H13F3N4O4S2/c18-17(19,20)28-10-1-2-11-13(9-10)30-16(21-11)23-7-5-22(6-8-23)15(25)12-3-4-14(29-12)24(26)27/h1-4,9H,5-8H2. The third-order valence-electron chi connectivity index (χ3n) is 4.40. The summed E-state index contributed by atoms with van der Waals surface area (Å²) in [6.07, 6.45) is -4.76. The highest BCUT2D eigenvalue weighted by Gasteiger charge is 2.31. The van der Waals surface area contributed by atoms with Gasteiger partial charge in [0.2, 0.25) is 0 Å². The monoisotopic (exact) mass is 458 g/mol. The van der Waals surface area contributed by atoms with Gasteiger partial charge in [-0.1, -0.05) is 22.7 Å². The van der Waals surface area contributed by atoms with Crippen LogP contribution in [-0.4, -0.2) is 53.3 Å². The first-order chi connectivity index (χ1) is 14.2. The lowest BCUT2D eigenvalue weighted by Crippen LogP contribution is -2.48. The number of halogens is 3. The Kier molecular flexibility index (Phi) is 5.24. The summed E-state index contributed by atoms with van der Waals surface area (Å²) in [6, 6.07) is 6.75. The van der Waals surface area contributed by atoms with Gasteiger partial charge >= 0.3 is 11.4 Å². The van der Waals surface area contributed by atoms with Crippen LogP contribution in [0.15, 0.2) is 30.3 Å². The molecule has 0 atom stereocenters. The summed E-state index contributed by atoms with van der Waals surface area (Å²) in [4.78, 5) is 31.2. The van der Waals surface area contributed by atoms with Crippen LogP contribution in [0.1, 0.15) is 9.67 Å². The SMILES string of the molecule is O=C(c1ccc([N+](=O)[O-])s1)N1CCN(c2nc3ccc(OC(F)(F)F)cc3s2)CC1. The number of amides is 1. The maximum atomic E-state index is 12.5. The number of carbonyl (C=O) groups is 1. The zero-order chi connectivity index (χ0) is 21.5. The summed E-state index contributed by atoms with van der Waals surface area (Å²) in [5.41, 5.74) is 0.564. The van der Waals surface area contributed by atoms with Gasteiger partial charge in [-0.05, 0) is 18.2 Å². The molecule has 1 fully saturated rings. The van der Waals surface area contributed by atoms with Crippen LogP contribution in [0.25, 0.3) is 10.2 Å². The number of rotatable bonds is 4. The second-order valence-corrected chi connectivity index (χ2v) is 8.42. The van der Waals surface area contributed by atoms with Crippen molar-refractivity contribution in [2.75, 3.05) is 31.1 Å². The molecule has 158 valence electrons. The number of aromatic nitrogens is 1. The van der Waals surface area contributed by atoms with Crippen molar-refractivity contribution in [3.05, 3.63) is 45.3 Å². The first-order valence-electron chi connectivity index (χ1n) is 8.64. The lowest BCUT2D eigenvalue weighted by atomic mass is 10.3. The quantitative estimate of drug-likeness (QED) is 0.432. The van der Waals surface area contributed by atoms with E-state index in [1.807, 2.05) is 4.90 Å². The number of thiophene rings is 1. The number of hydrogen-bond acceptors (Lipinski definition) is 8. The smallest absolute Gasteiger partial charge is 0.406 e. The number of hydrogen-bond donors (Lipinski definition) is 0. The zero-order valence-electron chi connectivity index (χ0n) is 15.1. The lowest BCUT2D eigenvalue weighted by Gasteiger charge is -2.34. The van der Waals surface area contributed by atoms with Crippen molar-refractivity contribution in [3.63, 3.8) is 0 Å². The molecule has 3 aromatic rings. The summed E-state index contributed by atoms with van der Waals surface area (Å²) in [7, 11) is 0. The van der Waals surface area contributed by atoms with Gasteiger partial charge in [0.05, 0.1) is 20.0 Å². The molecule has 1 saturated heterocycles. The molecule has 0 aliphatic carbocycles. The third-order valence-corrected chi connectivity index (χ3v) is 6.51. The first kappa shape index (κ1) is 20.3. The van der Waals surface area contributed by atoms with Gasteiger partial charge in [0.1, 0.15) is 5.75 Å². The van der Waals surface area contributed by atoms with E-state index >= 15 is 0 Å². The van der Waals surface area contributed by atoms with Gasteiger partial charge in [-0.15, -0.1) is 13.2 Å². The van der Waals surface area contributed by atoms with E-state index in [1.54, 1.807) is 4.90 Å². The Morgan fingerprint density at radius 1 is 1.13 bits per heavy atom. The van der Waals surface area contributed by atoms with Gasteiger partial charge in [-0.2, -0.15) is 0 Å². The van der Waals surface area contributed by atoms with E-state index in [1.165, 1.54) is 41.7 Å². The van der Waals surface area contributed by atoms with Crippen molar-refractivity contribution in [1.82, 2.24) is 9.88 Å². The fourth-order valence-corrected chi connectivity index (χ4v) is 4.86. The normalized spacial score (nSPS) is 14.9. The first-order valence-corrected chi connectivity index (χ1v) is 10.3. The Balaban J connectivity index is 1.42. The fourth-order valence-electron chi connectivity index (χ4n) is 3.02. The predicted octanol–water partition coefficient (Wildman–Crippen LogP) is 4.13. The second kappa shape index (κ2) is 7.72. The van der Waals surface area contributed by atoms with Crippen LogP contribution < -0.4 is 9.64 Å². The third kappa shape index (κ3) is 4.31. The highest BCUT2D eigenvalue weighted by atomic mass is 32.1. The van der Waals surface area contributed by atoms with Gasteiger partial charge in [0.25, 0.3) is 5.91 Å². The molecule has 1 aliphatic heterocycles. The molecule has 1 aromatic carbocycles. The van der Waals surface area contributed by atoms with Gasteiger partial charge in [0, 0.05) is 38.3 Å². The average Bonchev–Trinajstić information content (AvgIpc) is 3.33. The number of ether oxygens (including phenoxy) is 1. The summed E-state index contributed by atoms with van der Waals surface area (Å²) in [6.45, 7) is 1.79. The van der Waals surface area contributed by atoms with E-state index in [9.17, 15) is 28.1 Å². The Hall–Kier alpha value is -2.93. The Morgan fingerprint density at radius 2 is 1.87 bits per heavy atom. The molecule has 13 heteroatoms. The lowest BCUT2D eigenvalue weighted by molar-refractivity contribution is -0.380. The Morgan fingerprint density at radius 3 is 2.50 bits per heavy atom. The summed E-state index contributed by atoms with van der Waals surface area (Å²) in [5, 5.41) is 11.4. The van der Waals surface area contributed by atoms with Gasteiger partial charge in [-0.25, -0.2) is 4.98 Å². The number of benzene rings is 1. The highest BCUT2D eigenvalue weighted by Crippen LogP contribution is 2.34. The molecule has 0 spiro atoms. The van der Waals surface area contributed by atoms with Crippen LogP contribution in [-0.2, 0) is 0 Å². The van der Waals surface area contributed by atoms with Gasteiger partial charge < -0.3 is 14.5 Å². The molecular formula is C17H13F3N4O4S2. The molecule has 1 amide bonds. The van der Waals surface area contributed by atoms with E-state index < -0.39 is 11.3 Å². The number of nitro groups is 1. The number of fused-ring (bicyclic) bond motifs is 1. The molecule has 30 heavy (non-hydrogen) atoms. The van der Waals surface area contributed by atoms with Crippen molar-refractivity contribution >= 4 is 48.9 Å². The minimum absolute atomic E-state index is 0.0830. The van der Waals surface area contributed by atoms with E-state index in [0.717, 1.165) is 11.3 Å². The van der Waals surface area contributed by atoms with Crippen molar-refractivity contribution in [2.24, 2.45) is 0 Å². The fraction of sp³-hybridized carbons (Fsp3) is 0.294. The summed E-state index contributed by atoms with van der Waals surface area (Å²) < 4.78 is 41.7. The molecule has 8 nitrogen and oxygen atoms in total. The Labute approximate surface area is 175 Å². The van der Waals surface area contributed by atoms with Crippen molar-refractivity contribution in [1.29, 1.82) is 0 Å². The number of alkyl halides is 3. The zero-order valence-corrected chi connectivity index (χ0v) is 16.7. The van der Waals surface area contributed by atoms with Crippen LogP contribution in [0.2, 0.25) is 0 Å². The Bertz CT molecular complexity index is 1110. The van der Waals surface area contributed by atoms with E-state index in [0.29, 0.717) is 46.4 Å². The van der Waals surface area contributed by atoms with Crippen LogP contribution in [0, 0.1) is 10.1 Å². The molecule has 0 N–H and O–H groups in total. The van der Waals surface area contributed by atoms with Crippen LogP contribution in [0.5, 0.6) is 5.75 Å². The van der Waals surface area contributed by atoms with E-state index in [-0.39, 0.29) is 16.7 Å². The molecule has 2 aromatic heterocycles. The highest BCUT2D eigenvalue weighted by molar-refractivity contribution is 7.22. The molecule has 4 rings (SSSR count). The van der Waals surface area contributed by atoms with Crippen LogP contribution in [0.3, 0.4) is 0 Å². The number of anilines is 1. The molecule has 0 bridgehead atoms. The van der Waals surface area contributed by atoms with E-state index in [2.05, 4.69) is 9.72 Å². The van der Waals surface area contributed by atoms with Crippen molar-refractivity contribution < 1.29 is 27.6 Å². The maximum absolute atomic E-state index is 12.5. The molecule has 3 heterocycles. The summed E-state index contributed by atoms with van der Waals surface area (Å²) >= 11 is 2.09. The van der Waals surface area contributed by atoms with Crippen molar-refractivity contribution in [2.45, 2.75) is 6.36 Å². The molecule has 1 aliphatic rings. The molecule has 0 unspecified atom stereocenters. The molecular weight excluding hydrogens is 445 g/mol. The minimum atomic E-state index is -4.76. The van der Waals surface area contributed by atoms with Crippen LogP contribution in [0.4, 0.5) is 23.3 Å². The van der Waals surface area contributed by atoms with Crippen molar-refractivity contribution in [3.8, 4) is 5.75 Å². The number of carbonyl (C=O) groups excluding carboxylic acids is 1. The van der Waals surface area contributed by atoms with E-state index in [4.69, 9.17) is 0 Å². The minimum Gasteiger partial charge on any atom is -0.406 e. The molecule has 0 radical (unpaired) electrons.